The first kappa shape index (κ1) is 19.2. The molecule has 0 bridgehead atoms. The van der Waals surface area contributed by atoms with Crippen molar-refractivity contribution in [3.63, 3.8) is 0 Å². The lowest BCUT2D eigenvalue weighted by molar-refractivity contribution is -0.137. The molecule has 1 amide bonds. The van der Waals surface area contributed by atoms with Gasteiger partial charge in [-0.3, -0.25) is 14.6 Å². The second-order valence-corrected chi connectivity index (χ2v) is 5.21. The Labute approximate surface area is 146 Å². The Balaban J connectivity index is 2.04. The van der Waals surface area contributed by atoms with Gasteiger partial charge in [0.05, 0.1) is 16.3 Å². The lowest BCUT2D eigenvalue weighted by atomic mass is 10.2. The fourth-order valence-corrected chi connectivity index (χ4v) is 1.92. The Kier molecular flexibility index (Phi) is 5.50. The molecule has 0 atom stereocenters. The predicted molar refractivity (Wildman–Crippen MR) is 83.0 cm³/mol. The first-order valence-electron chi connectivity index (χ1n) is 6.73. The molecule has 1 aromatic heterocycles. The van der Waals surface area contributed by atoms with Crippen LogP contribution >= 0.6 is 11.6 Å². The van der Waals surface area contributed by atoms with Crippen molar-refractivity contribution >= 4 is 29.2 Å². The summed E-state index contributed by atoms with van der Waals surface area (Å²) in [5.41, 5.74) is -3.79. The molecule has 0 saturated heterocycles. The molecule has 0 unspecified atom stereocenters. The summed E-state index contributed by atoms with van der Waals surface area (Å²) in [7, 11) is 0. The monoisotopic (exact) mass is 391 g/mol. The number of hydrogen-bond donors (Lipinski definition) is 3. The molecule has 3 N–H and O–H groups in total. The lowest BCUT2D eigenvalue weighted by Crippen LogP contribution is -2.29. The van der Waals surface area contributed by atoms with E-state index in [1.165, 1.54) is 0 Å². The van der Waals surface area contributed by atoms with Crippen LogP contribution in [0.25, 0.3) is 0 Å². The molecule has 0 radical (unpaired) electrons. The van der Waals surface area contributed by atoms with E-state index in [0.717, 1.165) is 18.3 Å². The molecule has 0 spiro atoms. The van der Waals surface area contributed by atoms with Crippen LogP contribution in [0.4, 0.5) is 18.9 Å². The van der Waals surface area contributed by atoms with Crippen molar-refractivity contribution in [3.05, 3.63) is 61.4 Å². The highest BCUT2D eigenvalue weighted by atomic mass is 35.5. The van der Waals surface area contributed by atoms with Crippen LogP contribution < -0.4 is 16.6 Å². The van der Waals surface area contributed by atoms with Gasteiger partial charge >= 0.3 is 17.8 Å². The van der Waals surface area contributed by atoms with Gasteiger partial charge in [-0.25, -0.2) is 9.59 Å². The third-order valence-corrected chi connectivity index (χ3v) is 3.27. The third kappa shape index (κ3) is 4.72. The molecule has 0 aliphatic rings. The van der Waals surface area contributed by atoms with E-state index in [9.17, 15) is 32.3 Å². The number of aromatic nitrogens is 2. The topological polar surface area (TPSA) is 121 Å². The summed E-state index contributed by atoms with van der Waals surface area (Å²) in [6.07, 6.45) is -3.84. The fourth-order valence-electron chi connectivity index (χ4n) is 1.75. The standard InChI is InChI=1S/C14H9ClF3N3O5/c15-8-2-1-6(14(16,17)18)3-9(8)20-10(22)5-26-12(24)7-4-19-13(25)21-11(7)23/h1-4H,5H2,(H,20,22)(H2,19,21,23,25). The number of esters is 1. The molecule has 0 fully saturated rings. The molecule has 2 aromatic rings. The number of benzene rings is 1. The summed E-state index contributed by atoms with van der Waals surface area (Å²) < 4.78 is 42.5. The Morgan fingerprint density at radius 3 is 2.54 bits per heavy atom. The number of rotatable bonds is 4. The Morgan fingerprint density at radius 2 is 1.92 bits per heavy atom. The van der Waals surface area contributed by atoms with E-state index in [1.807, 2.05) is 4.98 Å². The first-order valence-corrected chi connectivity index (χ1v) is 7.11. The minimum absolute atomic E-state index is 0.158. The number of ether oxygens (including phenoxy) is 1. The molecule has 12 heteroatoms. The smallest absolute Gasteiger partial charge is 0.416 e. The molecule has 2 rings (SSSR count). The van der Waals surface area contributed by atoms with Crippen LogP contribution in [0.3, 0.4) is 0 Å². The van der Waals surface area contributed by atoms with Gasteiger partial charge < -0.3 is 15.0 Å². The van der Waals surface area contributed by atoms with Crippen molar-refractivity contribution in [2.75, 3.05) is 11.9 Å². The van der Waals surface area contributed by atoms with Crippen LogP contribution in [-0.2, 0) is 15.7 Å². The zero-order valence-electron chi connectivity index (χ0n) is 12.6. The van der Waals surface area contributed by atoms with Gasteiger partial charge in [0.2, 0.25) is 0 Å². The minimum Gasteiger partial charge on any atom is -0.452 e. The Morgan fingerprint density at radius 1 is 1.23 bits per heavy atom. The van der Waals surface area contributed by atoms with E-state index in [1.54, 1.807) is 4.98 Å². The number of anilines is 1. The quantitative estimate of drug-likeness (QED) is 0.682. The molecular formula is C14H9ClF3N3O5. The number of H-pyrrole nitrogens is 2. The van der Waals surface area contributed by atoms with Gasteiger partial charge in [0.15, 0.2) is 6.61 Å². The van der Waals surface area contributed by atoms with E-state index in [0.29, 0.717) is 6.07 Å². The van der Waals surface area contributed by atoms with Crippen molar-refractivity contribution in [3.8, 4) is 0 Å². The highest BCUT2D eigenvalue weighted by Crippen LogP contribution is 2.33. The molecular weight excluding hydrogens is 383 g/mol. The summed E-state index contributed by atoms with van der Waals surface area (Å²) in [5, 5.41) is 1.90. The number of halogens is 4. The van der Waals surface area contributed by atoms with Gasteiger partial charge in [0.1, 0.15) is 5.56 Å². The van der Waals surface area contributed by atoms with Gasteiger partial charge in [0, 0.05) is 6.20 Å². The van der Waals surface area contributed by atoms with E-state index >= 15 is 0 Å². The average Bonchev–Trinajstić information content (AvgIpc) is 2.53. The fraction of sp³-hybridized carbons (Fsp3) is 0.143. The van der Waals surface area contributed by atoms with Gasteiger partial charge in [-0.15, -0.1) is 0 Å². The number of carbonyl (C=O) groups excluding carboxylic acids is 2. The summed E-state index contributed by atoms with van der Waals surface area (Å²) in [6, 6.07) is 2.31. The molecule has 8 nitrogen and oxygen atoms in total. The number of hydrogen-bond acceptors (Lipinski definition) is 5. The summed E-state index contributed by atoms with van der Waals surface area (Å²) in [5.74, 6) is -2.20. The molecule has 26 heavy (non-hydrogen) atoms. The van der Waals surface area contributed by atoms with Crippen LogP contribution in [0.5, 0.6) is 0 Å². The van der Waals surface area contributed by atoms with E-state index in [4.69, 9.17) is 11.6 Å². The molecule has 0 aliphatic heterocycles. The second kappa shape index (κ2) is 7.44. The number of nitrogens with one attached hydrogen (secondary N) is 3. The SMILES string of the molecule is O=C(COC(=O)c1c[nH]c(=O)[nH]c1=O)Nc1cc(C(F)(F)F)ccc1Cl. The molecule has 1 heterocycles. The van der Waals surface area contributed by atoms with Gasteiger partial charge in [-0.05, 0) is 18.2 Å². The zero-order chi connectivity index (χ0) is 19.5. The van der Waals surface area contributed by atoms with Crippen LogP contribution in [-0.4, -0.2) is 28.5 Å². The van der Waals surface area contributed by atoms with Crippen LogP contribution in [0.2, 0.25) is 5.02 Å². The molecule has 1 aromatic carbocycles. The first-order chi connectivity index (χ1) is 12.1. The van der Waals surface area contributed by atoms with Gasteiger partial charge in [0.25, 0.3) is 11.5 Å². The van der Waals surface area contributed by atoms with Crippen LogP contribution in [0.15, 0.2) is 34.0 Å². The number of alkyl halides is 3. The Bertz CT molecular complexity index is 967. The van der Waals surface area contributed by atoms with Gasteiger partial charge in [-0.1, -0.05) is 11.6 Å². The van der Waals surface area contributed by atoms with E-state index in [2.05, 4.69) is 10.1 Å². The largest absolute Gasteiger partial charge is 0.452 e. The highest BCUT2D eigenvalue weighted by molar-refractivity contribution is 6.33. The summed E-state index contributed by atoms with van der Waals surface area (Å²) >= 11 is 5.72. The molecule has 138 valence electrons. The normalized spacial score (nSPS) is 11.1. The van der Waals surface area contributed by atoms with Crippen molar-refractivity contribution in [1.82, 2.24) is 9.97 Å². The average molecular weight is 392 g/mol. The summed E-state index contributed by atoms with van der Waals surface area (Å²) in [6.45, 7) is -0.899. The Hall–Kier alpha value is -3.08. The van der Waals surface area contributed by atoms with Crippen molar-refractivity contribution < 1.29 is 27.5 Å². The maximum atomic E-state index is 12.7. The molecule has 0 aliphatic carbocycles. The lowest BCUT2D eigenvalue weighted by Gasteiger charge is -2.11. The number of carbonyl (C=O) groups is 2. The number of aromatic amines is 2. The zero-order valence-corrected chi connectivity index (χ0v) is 13.3. The van der Waals surface area contributed by atoms with E-state index < -0.39 is 47.0 Å². The molecule has 0 saturated carbocycles. The second-order valence-electron chi connectivity index (χ2n) is 4.80. The number of amides is 1. The van der Waals surface area contributed by atoms with Crippen LogP contribution in [0.1, 0.15) is 15.9 Å². The summed E-state index contributed by atoms with van der Waals surface area (Å²) in [4.78, 5) is 49.5. The predicted octanol–water partition coefficient (Wildman–Crippen LogP) is 1.53. The highest BCUT2D eigenvalue weighted by Gasteiger charge is 2.31. The van der Waals surface area contributed by atoms with Crippen molar-refractivity contribution in [2.24, 2.45) is 0 Å². The van der Waals surface area contributed by atoms with Crippen molar-refractivity contribution in [1.29, 1.82) is 0 Å². The van der Waals surface area contributed by atoms with E-state index in [-0.39, 0.29) is 10.7 Å². The van der Waals surface area contributed by atoms with Gasteiger partial charge in [-0.2, -0.15) is 13.2 Å². The maximum absolute atomic E-state index is 12.7. The van der Waals surface area contributed by atoms with Crippen LogP contribution in [0, 0.1) is 0 Å². The van der Waals surface area contributed by atoms with Crippen molar-refractivity contribution in [2.45, 2.75) is 6.18 Å². The third-order valence-electron chi connectivity index (χ3n) is 2.94. The maximum Gasteiger partial charge on any atom is 0.416 e. The minimum atomic E-state index is -4.64.